The third-order valence-corrected chi connectivity index (χ3v) is 6.92. The molecule has 3 heteroatoms. The molecule has 0 aromatic rings. The minimum Gasteiger partial charge on any atom is -0.381 e. The van der Waals surface area contributed by atoms with Gasteiger partial charge in [-0.05, 0) is 56.4 Å². The summed E-state index contributed by atoms with van der Waals surface area (Å²) in [5, 5.41) is 1.15. The van der Waals surface area contributed by atoms with Crippen LogP contribution in [0.5, 0.6) is 0 Å². The van der Waals surface area contributed by atoms with Gasteiger partial charge in [-0.2, -0.15) is 0 Å². The lowest BCUT2D eigenvalue weighted by atomic mass is 9.81. The first-order chi connectivity index (χ1) is 9.33. The fourth-order valence-electron chi connectivity index (χ4n) is 4.49. The molecule has 0 aromatic heterocycles. The van der Waals surface area contributed by atoms with E-state index in [1.807, 2.05) is 0 Å². The van der Waals surface area contributed by atoms with Gasteiger partial charge in [-0.1, -0.05) is 28.8 Å². The minimum atomic E-state index is 0.486. The average molecular weight is 330 g/mol. The van der Waals surface area contributed by atoms with E-state index >= 15 is 0 Å². The molecule has 1 unspecified atom stereocenters. The number of hydrogen-bond acceptors (Lipinski definition) is 2. The van der Waals surface area contributed by atoms with Crippen LogP contribution < -0.4 is 0 Å². The monoisotopic (exact) mass is 329 g/mol. The van der Waals surface area contributed by atoms with Gasteiger partial charge in [0, 0.05) is 31.1 Å². The van der Waals surface area contributed by atoms with E-state index in [0.717, 1.165) is 30.5 Å². The Bertz CT molecular complexity index is 284. The molecule has 1 saturated carbocycles. The van der Waals surface area contributed by atoms with Crippen LogP contribution in [0.25, 0.3) is 0 Å². The molecule has 1 atom stereocenters. The number of alkyl halides is 1. The Kier molecular flexibility index (Phi) is 4.86. The first-order valence-electron chi connectivity index (χ1n) is 8.21. The summed E-state index contributed by atoms with van der Waals surface area (Å²) in [5.41, 5.74) is 0.486. The standard InChI is InChI=1S/C16H28BrNO/c17-12-16(7-10-19-11-8-16)13-18-9-3-6-15(18)14-4-1-2-5-14/h14-15H,1-13H2. The third-order valence-electron chi connectivity index (χ3n) is 5.73. The summed E-state index contributed by atoms with van der Waals surface area (Å²) < 4.78 is 5.58. The molecule has 2 heterocycles. The number of likely N-dealkylation sites (tertiary alicyclic amines) is 1. The summed E-state index contributed by atoms with van der Waals surface area (Å²) in [6.07, 6.45) is 11.3. The molecule has 1 aliphatic carbocycles. The van der Waals surface area contributed by atoms with Gasteiger partial charge >= 0.3 is 0 Å². The fraction of sp³-hybridized carbons (Fsp3) is 1.00. The molecule has 3 aliphatic rings. The molecule has 2 saturated heterocycles. The summed E-state index contributed by atoms with van der Waals surface area (Å²) in [4.78, 5) is 2.85. The van der Waals surface area contributed by atoms with Crippen LogP contribution in [0, 0.1) is 11.3 Å². The van der Waals surface area contributed by atoms with Crippen molar-refractivity contribution < 1.29 is 4.74 Å². The first-order valence-corrected chi connectivity index (χ1v) is 9.33. The van der Waals surface area contributed by atoms with Gasteiger partial charge in [0.15, 0.2) is 0 Å². The van der Waals surface area contributed by atoms with Crippen molar-refractivity contribution in [3.05, 3.63) is 0 Å². The molecule has 0 amide bonds. The predicted octanol–water partition coefficient (Wildman–Crippen LogP) is 3.83. The molecule has 0 aromatic carbocycles. The van der Waals surface area contributed by atoms with E-state index in [1.54, 1.807) is 0 Å². The topological polar surface area (TPSA) is 12.5 Å². The summed E-state index contributed by atoms with van der Waals surface area (Å²) in [6, 6.07) is 0.904. The van der Waals surface area contributed by atoms with E-state index in [9.17, 15) is 0 Å². The quantitative estimate of drug-likeness (QED) is 0.727. The maximum Gasteiger partial charge on any atom is 0.0472 e. The molecule has 3 fully saturated rings. The fourth-order valence-corrected chi connectivity index (χ4v) is 5.23. The summed E-state index contributed by atoms with van der Waals surface area (Å²) >= 11 is 3.80. The van der Waals surface area contributed by atoms with Crippen molar-refractivity contribution in [1.29, 1.82) is 0 Å². The maximum atomic E-state index is 5.58. The van der Waals surface area contributed by atoms with Gasteiger partial charge < -0.3 is 4.74 Å². The van der Waals surface area contributed by atoms with Crippen LogP contribution in [-0.4, -0.2) is 42.6 Å². The lowest BCUT2D eigenvalue weighted by Gasteiger charge is -2.41. The highest BCUT2D eigenvalue weighted by molar-refractivity contribution is 9.09. The number of ether oxygens (including phenoxy) is 1. The second-order valence-corrected chi connectivity index (χ2v) is 7.53. The smallest absolute Gasteiger partial charge is 0.0472 e. The van der Waals surface area contributed by atoms with E-state index in [0.29, 0.717) is 5.41 Å². The van der Waals surface area contributed by atoms with Crippen molar-refractivity contribution in [2.24, 2.45) is 11.3 Å². The maximum absolute atomic E-state index is 5.58. The molecular formula is C16H28BrNO. The normalized spacial score (nSPS) is 33.0. The Morgan fingerprint density at radius 2 is 1.79 bits per heavy atom. The van der Waals surface area contributed by atoms with E-state index in [1.165, 1.54) is 64.5 Å². The molecule has 2 aliphatic heterocycles. The molecule has 19 heavy (non-hydrogen) atoms. The Morgan fingerprint density at radius 1 is 1.05 bits per heavy atom. The number of rotatable bonds is 4. The van der Waals surface area contributed by atoms with Crippen LogP contribution in [0.15, 0.2) is 0 Å². The minimum absolute atomic E-state index is 0.486. The Hall–Kier alpha value is 0.400. The zero-order valence-corrected chi connectivity index (χ0v) is 13.7. The average Bonchev–Trinajstić information content (AvgIpc) is 3.10. The molecule has 0 radical (unpaired) electrons. The van der Waals surface area contributed by atoms with Crippen molar-refractivity contribution in [1.82, 2.24) is 4.90 Å². The van der Waals surface area contributed by atoms with E-state index in [2.05, 4.69) is 20.8 Å². The number of nitrogens with zero attached hydrogens (tertiary/aromatic N) is 1. The van der Waals surface area contributed by atoms with E-state index in [4.69, 9.17) is 4.74 Å². The van der Waals surface area contributed by atoms with Gasteiger partial charge in [0.1, 0.15) is 0 Å². The highest BCUT2D eigenvalue weighted by atomic mass is 79.9. The van der Waals surface area contributed by atoms with Crippen LogP contribution in [0.3, 0.4) is 0 Å². The highest BCUT2D eigenvalue weighted by Gasteiger charge is 2.39. The van der Waals surface area contributed by atoms with Crippen LogP contribution in [0.1, 0.15) is 51.4 Å². The van der Waals surface area contributed by atoms with Crippen molar-refractivity contribution in [2.75, 3.05) is 31.6 Å². The second-order valence-electron chi connectivity index (χ2n) is 6.97. The van der Waals surface area contributed by atoms with Gasteiger partial charge in [-0.25, -0.2) is 0 Å². The van der Waals surface area contributed by atoms with Crippen LogP contribution in [0.2, 0.25) is 0 Å². The molecule has 3 rings (SSSR count). The third kappa shape index (κ3) is 3.19. The van der Waals surface area contributed by atoms with Crippen LogP contribution in [0.4, 0.5) is 0 Å². The van der Waals surface area contributed by atoms with Crippen molar-refractivity contribution in [3.8, 4) is 0 Å². The zero-order chi connectivity index (χ0) is 13.1. The molecule has 0 N–H and O–H groups in total. The molecule has 110 valence electrons. The van der Waals surface area contributed by atoms with Crippen molar-refractivity contribution >= 4 is 15.9 Å². The Labute approximate surface area is 126 Å². The van der Waals surface area contributed by atoms with Gasteiger partial charge in [-0.15, -0.1) is 0 Å². The molecular weight excluding hydrogens is 302 g/mol. The lowest BCUT2D eigenvalue weighted by molar-refractivity contribution is 0.00212. The summed E-state index contributed by atoms with van der Waals surface area (Å²) in [6.45, 7) is 4.58. The first kappa shape index (κ1) is 14.3. The van der Waals surface area contributed by atoms with Gasteiger partial charge in [-0.3, -0.25) is 4.90 Å². The van der Waals surface area contributed by atoms with Gasteiger partial charge in [0.05, 0.1) is 0 Å². The van der Waals surface area contributed by atoms with Gasteiger partial charge in [0.2, 0.25) is 0 Å². The molecule has 0 spiro atoms. The Morgan fingerprint density at radius 3 is 2.47 bits per heavy atom. The van der Waals surface area contributed by atoms with Crippen LogP contribution >= 0.6 is 15.9 Å². The van der Waals surface area contributed by atoms with E-state index in [-0.39, 0.29) is 0 Å². The highest BCUT2D eigenvalue weighted by Crippen LogP contribution is 2.40. The Balaban J connectivity index is 1.63. The largest absolute Gasteiger partial charge is 0.381 e. The number of halogens is 1. The predicted molar refractivity (Wildman–Crippen MR) is 82.8 cm³/mol. The van der Waals surface area contributed by atoms with Crippen molar-refractivity contribution in [2.45, 2.75) is 57.4 Å². The molecule has 2 nitrogen and oxygen atoms in total. The number of hydrogen-bond donors (Lipinski definition) is 0. The summed E-state index contributed by atoms with van der Waals surface area (Å²) in [7, 11) is 0. The second kappa shape index (κ2) is 6.44. The van der Waals surface area contributed by atoms with Crippen LogP contribution in [-0.2, 0) is 4.74 Å². The lowest BCUT2D eigenvalue weighted by Crippen LogP contribution is -2.46. The van der Waals surface area contributed by atoms with Gasteiger partial charge in [0.25, 0.3) is 0 Å². The van der Waals surface area contributed by atoms with E-state index < -0.39 is 0 Å². The summed E-state index contributed by atoms with van der Waals surface area (Å²) in [5.74, 6) is 1.01. The zero-order valence-electron chi connectivity index (χ0n) is 12.1. The SMILES string of the molecule is BrCC1(CN2CCCC2C2CCCC2)CCOCC1. The molecule has 0 bridgehead atoms. The van der Waals surface area contributed by atoms with Crippen molar-refractivity contribution in [3.63, 3.8) is 0 Å².